The van der Waals surface area contributed by atoms with Crippen molar-refractivity contribution < 1.29 is 5.11 Å². The van der Waals surface area contributed by atoms with E-state index >= 15 is 0 Å². The largest absolute Gasteiger partial charge is 0.396 e. The first-order chi connectivity index (χ1) is 6.40. The second-order valence-corrected chi connectivity index (χ2v) is 4.33. The smallest absolute Gasteiger partial charge is 0.0434 e. The zero-order valence-corrected chi connectivity index (χ0v) is 8.21. The molecule has 2 rings (SSSR count). The molecule has 3 heteroatoms. The average molecular weight is 184 g/mol. The molecule has 0 aromatic carbocycles. The van der Waals surface area contributed by atoms with Crippen molar-refractivity contribution in [3.05, 3.63) is 0 Å². The lowest BCUT2D eigenvalue weighted by molar-refractivity contribution is 0.0808. The molecule has 2 fully saturated rings. The van der Waals surface area contributed by atoms with Gasteiger partial charge in [-0.25, -0.2) is 0 Å². The van der Waals surface area contributed by atoms with Gasteiger partial charge in [-0.3, -0.25) is 4.90 Å². The molecule has 2 aliphatic rings. The minimum Gasteiger partial charge on any atom is -0.396 e. The van der Waals surface area contributed by atoms with Crippen LogP contribution in [0.1, 0.15) is 19.3 Å². The third-order valence-electron chi connectivity index (χ3n) is 3.36. The molecular weight excluding hydrogens is 164 g/mol. The number of aliphatic hydroxyl groups is 1. The second kappa shape index (κ2) is 4.40. The summed E-state index contributed by atoms with van der Waals surface area (Å²) in [5.41, 5.74) is 0. The van der Waals surface area contributed by atoms with Crippen molar-refractivity contribution in [1.29, 1.82) is 0 Å². The van der Waals surface area contributed by atoms with E-state index in [4.69, 9.17) is 5.11 Å². The van der Waals surface area contributed by atoms with Crippen LogP contribution in [0, 0.1) is 5.92 Å². The Morgan fingerprint density at radius 1 is 1.38 bits per heavy atom. The molecule has 0 amide bonds. The van der Waals surface area contributed by atoms with Crippen LogP contribution in [0.4, 0.5) is 0 Å². The van der Waals surface area contributed by atoms with E-state index in [9.17, 15) is 0 Å². The fourth-order valence-corrected chi connectivity index (χ4v) is 2.38. The highest BCUT2D eigenvalue weighted by Gasteiger charge is 2.28. The summed E-state index contributed by atoms with van der Waals surface area (Å²) in [6.45, 7) is 5.19. The summed E-state index contributed by atoms with van der Waals surface area (Å²) in [4.78, 5) is 2.60. The Morgan fingerprint density at radius 3 is 2.85 bits per heavy atom. The predicted octanol–water partition coefficient (Wildman–Crippen LogP) is 0.0526. The molecule has 2 aliphatic heterocycles. The highest BCUT2D eigenvalue weighted by atomic mass is 16.3. The summed E-state index contributed by atoms with van der Waals surface area (Å²) in [6.07, 6.45) is 3.63. The minimum absolute atomic E-state index is 0.363. The minimum atomic E-state index is 0.363. The average Bonchev–Trinajstić information content (AvgIpc) is 2.02. The lowest BCUT2D eigenvalue weighted by Crippen LogP contribution is -2.59. The van der Waals surface area contributed by atoms with Gasteiger partial charge in [0.25, 0.3) is 0 Å². The summed E-state index contributed by atoms with van der Waals surface area (Å²) in [5, 5.41) is 12.2. The number of nitrogens with one attached hydrogen (secondary N) is 1. The van der Waals surface area contributed by atoms with E-state index in [0.29, 0.717) is 6.61 Å². The van der Waals surface area contributed by atoms with E-state index in [2.05, 4.69) is 10.2 Å². The maximum Gasteiger partial charge on any atom is 0.0434 e. The topological polar surface area (TPSA) is 35.5 Å². The third kappa shape index (κ3) is 2.22. The molecule has 13 heavy (non-hydrogen) atoms. The van der Waals surface area contributed by atoms with Crippen molar-refractivity contribution in [2.45, 2.75) is 25.3 Å². The number of piperidine rings is 1. The Labute approximate surface area is 80.1 Å². The van der Waals surface area contributed by atoms with Gasteiger partial charge in [0.15, 0.2) is 0 Å². The van der Waals surface area contributed by atoms with Crippen molar-refractivity contribution in [3.8, 4) is 0 Å². The van der Waals surface area contributed by atoms with Gasteiger partial charge in [0, 0.05) is 32.3 Å². The molecule has 0 aromatic heterocycles. The van der Waals surface area contributed by atoms with Gasteiger partial charge in [0.1, 0.15) is 0 Å². The molecule has 0 radical (unpaired) electrons. The Balaban J connectivity index is 1.77. The monoisotopic (exact) mass is 184 g/mol. The second-order valence-electron chi connectivity index (χ2n) is 4.33. The van der Waals surface area contributed by atoms with Crippen LogP contribution in [0.2, 0.25) is 0 Å². The van der Waals surface area contributed by atoms with Crippen molar-refractivity contribution in [1.82, 2.24) is 10.2 Å². The molecule has 0 aliphatic carbocycles. The van der Waals surface area contributed by atoms with Gasteiger partial charge >= 0.3 is 0 Å². The molecule has 2 heterocycles. The highest BCUT2D eigenvalue weighted by Crippen LogP contribution is 2.21. The number of hydrogen-bond donors (Lipinski definition) is 2. The van der Waals surface area contributed by atoms with Gasteiger partial charge in [-0.15, -0.1) is 0 Å². The highest BCUT2D eigenvalue weighted by molar-refractivity contribution is 4.87. The van der Waals surface area contributed by atoms with Gasteiger partial charge in [0.2, 0.25) is 0 Å². The van der Waals surface area contributed by atoms with Gasteiger partial charge in [-0.05, 0) is 31.7 Å². The molecule has 0 bridgehead atoms. The lowest BCUT2D eigenvalue weighted by Gasteiger charge is -2.42. The standard InChI is InChI=1S/C10H20N2O/c13-5-3-9-2-1-4-12(8-9)10-6-11-7-10/h9-11,13H,1-8H2. The van der Waals surface area contributed by atoms with E-state index in [1.807, 2.05) is 0 Å². The summed E-state index contributed by atoms with van der Waals surface area (Å²) in [7, 11) is 0. The van der Waals surface area contributed by atoms with Crippen LogP contribution in [0.25, 0.3) is 0 Å². The van der Waals surface area contributed by atoms with Crippen molar-refractivity contribution in [2.24, 2.45) is 5.92 Å². The van der Waals surface area contributed by atoms with Crippen LogP contribution < -0.4 is 5.32 Å². The van der Waals surface area contributed by atoms with Crippen LogP contribution in [-0.2, 0) is 0 Å². The molecule has 1 atom stereocenters. The lowest BCUT2D eigenvalue weighted by atomic mass is 9.93. The molecule has 0 spiro atoms. The molecule has 2 N–H and O–H groups in total. The van der Waals surface area contributed by atoms with Crippen LogP contribution in [-0.4, -0.2) is 48.8 Å². The Bertz CT molecular complexity index is 157. The quantitative estimate of drug-likeness (QED) is 0.651. The van der Waals surface area contributed by atoms with Crippen molar-refractivity contribution in [3.63, 3.8) is 0 Å². The molecule has 2 saturated heterocycles. The number of likely N-dealkylation sites (tertiary alicyclic amines) is 1. The third-order valence-corrected chi connectivity index (χ3v) is 3.36. The maximum absolute atomic E-state index is 8.88. The van der Waals surface area contributed by atoms with Crippen LogP contribution in [0.3, 0.4) is 0 Å². The maximum atomic E-state index is 8.88. The summed E-state index contributed by atoms with van der Waals surface area (Å²) in [5.74, 6) is 0.749. The van der Waals surface area contributed by atoms with Crippen molar-refractivity contribution in [2.75, 3.05) is 32.8 Å². The summed E-state index contributed by atoms with van der Waals surface area (Å²) < 4.78 is 0. The molecule has 0 saturated carbocycles. The fraction of sp³-hybridized carbons (Fsp3) is 1.00. The van der Waals surface area contributed by atoms with Crippen LogP contribution in [0.5, 0.6) is 0 Å². The number of rotatable bonds is 3. The SMILES string of the molecule is OCCC1CCCN(C2CNC2)C1. The van der Waals surface area contributed by atoms with E-state index < -0.39 is 0 Å². The van der Waals surface area contributed by atoms with Crippen LogP contribution >= 0.6 is 0 Å². The van der Waals surface area contributed by atoms with E-state index in [-0.39, 0.29) is 0 Å². The molecule has 1 unspecified atom stereocenters. The Morgan fingerprint density at radius 2 is 2.23 bits per heavy atom. The zero-order chi connectivity index (χ0) is 9.10. The van der Waals surface area contributed by atoms with Gasteiger partial charge in [-0.1, -0.05) is 0 Å². The first-order valence-electron chi connectivity index (χ1n) is 5.46. The predicted molar refractivity (Wildman–Crippen MR) is 52.7 cm³/mol. The molecule has 0 aromatic rings. The number of nitrogens with zero attached hydrogens (tertiary/aromatic N) is 1. The first-order valence-corrected chi connectivity index (χ1v) is 5.46. The van der Waals surface area contributed by atoms with Gasteiger partial charge < -0.3 is 10.4 Å². The zero-order valence-electron chi connectivity index (χ0n) is 8.21. The van der Waals surface area contributed by atoms with E-state index in [1.54, 1.807) is 0 Å². The molecule has 3 nitrogen and oxygen atoms in total. The van der Waals surface area contributed by atoms with E-state index in [1.165, 1.54) is 39.0 Å². The van der Waals surface area contributed by atoms with Crippen molar-refractivity contribution >= 4 is 0 Å². The van der Waals surface area contributed by atoms with Gasteiger partial charge in [-0.2, -0.15) is 0 Å². The summed E-state index contributed by atoms with van der Waals surface area (Å²) in [6, 6.07) is 0.793. The molecular formula is C10H20N2O. The Kier molecular flexibility index (Phi) is 3.19. The fourth-order valence-electron chi connectivity index (χ4n) is 2.38. The number of hydrogen-bond acceptors (Lipinski definition) is 3. The molecule has 76 valence electrons. The van der Waals surface area contributed by atoms with E-state index in [0.717, 1.165) is 18.4 Å². The van der Waals surface area contributed by atoms with Gasteiger partial charge in [0.05, 0.1) is 0 Å². The van der Waals surface area contributed by atoms with Crippen LogP contribution in [0.15, 0.2) is 0 Å². The summed E-state index contributed by atoms with van der Waals surface area (Å²) >= 11 is 0. The number of aliphatic hydroxyl groups excluding tert-OH is 1. The first kappa shape index (κ1) is 9.44. The Hall–Kier alpha value is -0.120. The normalized spacial score (nSPS) is 31.6.